The van der Waals surface area contributed by atoms with Crippen molar-refractivity contribution in [3.8, 4) is 28.6 Å². The number of nitro benzene ring substituents is 1. The molecule has 0 aliphatic rings. The summed E-state index contributed by atoms with van der Waals surface area (Å²) in [6, 6.07) is 13.8. The Balaban J connectivity index is 1.98. The lowest BCUT2D eigenvalue weighted by atomic mass is 9.96. The number of methoxy groups -OCH3 is 2. The van der Waals surface area contributed by atoms with Gasteiger partial charge in [-0.2, -0.15) is 9.78 Å². The van der Waals surface area contributed by atoms with Crippen LogP contribution in [-0.4, -0.2) is 41.6 Å². The number of hydrogen-bond acceptors (Lipinski definition) is 8. The van der Waals surface area contributed by atoms with Gasteiger partial charge in [0.2, 0.25) is 5.75 Å². The normalized spacial score (nSPS) is 11.4. The highest BCUT2D eigenvalue weighted by molar-refractivity contribution is 5.84. The van der Waals surface area contributed by atoms with Crippen molar-refractivity contribution in [2.24, 2.45) is 5.10 Å². The van der Waals surface area contributed by atoms with Crippen LogP contribution in [0.3, 0.4) is 0 Å². The monoisotopic (exact) mass is 530 g/mol. The molecule has 0 unspecified atom stereocenters. The minimum Gasteiger partial charge on any atom is -0.494 e. The van der Waals surface area contributed by atoms with E-state index in [0.717, 1.165) is 22.4 Å². The van der Waals surface area contributed by atoms with Gasteiger partial charge in [0, 0.05) is 17.2 Å². The third-order valence-electron chi connectivity index (χ3n) is 6.27. The van der Waals surface area contributed by atoms with Crippen LogP contribution in [0.1, 0.15) is 43.4 Å². The molecule has 0 aliphatic heterocycles. The summed E-state index contributed by atoms with van der Waals surface area (Å²) in [5.41, 5.74) is 2.77. The van der Waals surface area contributed by atoms with Crippen molar-refractivity contribution in [2.75, 3.05) is 20.8 Å². The number of rotatable bonds is 9. The predicted molar refractivity (Wildman–Crippen MR) is 151 cm³/mol. The van der Waals surface area contributed by atoms with Gasteiger partial charge in [-0.25, -0.2) is 4.98 Å². The van der Waals surface area contributed by atoms with Crippen molar-refractivity contribution in [1.82, 2.24) is 9.66 Å². The molecule has 10 nitrogen and oxygen atoms in total. The Kier molecular flexibility index (Phi) is 7.94. The van der Waals surface area contributed by atoms with Crippen molar-refractivity contribution in [3.63, 3.8) is 0 Å². The van der Waals surface area contributed by atoms with E-state index in [9.17, 15) is 14.9 Å². The lowest BCUT2D eigenvalue weighted by Gasteiger charge is -2.18. The summed E-state index contributed by atoms with van der Waals surface area (Å²) in [4.78, 5) is 29.6. The highest BCUT2D eigenvalue weighted by atomic mass is 16.6. The lowest BCUT2D eigenvalue weighted by molar-refractivity contribution is -0.385. The fraction of sp³-hybridized carbons (Fsp3) is 0.276. The molecular weight excluding hydrogens is 500 g/mol. The van der Waals surface area contributed by atoms with E-state index in [-0.39, 0.29) is 28.7 Å². The molecule has 10 heteroatoms. The van der Waals surface area contributed by atoms with Crippen LogP contribution in [0.5, 0.6) is 17.2 Å². The van der Waals surface area contributed by atoms with Gasteiger partial charge < -0.3 is 14.2 Å². The maximum atomic E-state index is 13.7. The van der Waals surface area contributed by atoms with Crippen molar-refractivity contribution >= 4 is 22.8 Å². The summed E-state index contributed by atoms with van der Waals surface area (Å²) in [5, 5.41) is 16.5. The number of hydrogen-bond donors (Lipinski definition) is 0. The van der Waals surface area contributed by atoms with Crippen LogP contribution in [0.25, 0.3) is 22.3 Å². The summed E-state index contributed by atoms with van der Waals surface area (Å²) in [6.45, 7) is 8.53. The van der Waals surface area contributed by atoms with Crippen molar-refractivity contribution in [1.29, 1.82) is 0 Å². The predicted octanol–water partition coefficient (Wildman–Crippen LogP) is 5.70. The molecule has 0 saturated carbocycles. The van der Waals surface area contributed by atoms with Crippen LogP contribution in [0.2, 0.25) is 0 Å². The summed E-state index contributed by atoms with van der Waals surface area (Å²) in [5.74, 6) is 1.44. The molecule has 0 radical (unpaired) electrons. The Morgan fingerprint density at radius 2 is 1.85 bits per heavy atom. The number of nitro groups is 1. The Bertz CT molecular complexity index is 1640. The Morgan fingerprint density at radius 3 is 2.49 bits per heavy atom. The molecule has 0 bridgehead atoms. The van der Waals surface area contributed by atoms with E-state index in [1.54, 1.807) is 24.3 Å². The van der Waals surface area contributed by atoms with Crippen LogP contribution < -0.4 is 19.8 Å². The molecule has 0 spiro atoms. The van der Waals surface area contributed by atoms with Gasteiger partial charge in [-0.15, -0.1) is 0 Å². The van der Waals surface area contributed by atoms with Crippen LogP contribution >= 0.6 is 0 Å². The molecule has 0 N–H and O–H groups in total. The first-order valence-corrected chi connectivity index (χ1v) is 12.4. The zero-order chi connectivity index (χ0) is 28.3. The maximum absolute atomic E-state index is 13.7. The van der Waals surface area contributed by atoms with Crippen molar-refractivity contribution in [2.45, 2.75) is 33.6 Å². The van der Waals surface area contributed by atoms with E-state index in [1.165, 1.54) is 31.2 Å². The van der Waals surface area contributed by atoms with Crippen LogP contribution in [0, 0.1) is 17.0 Å². The van der Waals surface area contributed by atoms with Gasteiger partial charge in [0.15, 0.2) is 11.6 Å². The van der Waals surface area contributed by atoms with Crippen LogP contribution in [-0.2, 0) is 0 Å². The number of para-hydroxylation sites is 1. The third-order valence-corrected chi connectivity index (χ3v) is 6.27. The number of aromatic nitrogens is 2. The maximum Gasteiger partial charge on any atom is 0.315 e. The van der Waals surface area contributed by atoms with Gasteiger partial charge >= 0.3 is 5.69 Å². The Hall–Kier alpha value is -4.73. The Labute approximate surface area is 225 Å². The molecule has 4 rings (SSSR count). The zero-order valence-electron chi connectivity index (χ0n) is 22.7. The van der Waals surface area contributed by atoms with E-state index in [0.29, 0.717) is 28.9 Å². The number of fused-ring (bicyclic) bond motifs is 1. The average molecular weight is 531 g/mol. The largest absolute Gasteiger partial charge is 0.494 e. The number of nitrogens with zero attached hydrogens (tertiary/aromatic N) is 4. The molecule has 0 fully saturated rings. The minimum atomic E-state index is -0.565. The van der Waals surface area contributed by atoms with Gasteiger partial charge in [0.25, 0.3) is 5.56 Å². The van der Waals surface area contributed by atoms with Gasteiger partial charge in [0.1, 0.15) is 5.75 Å². The van der Waals surface area contributed by atoms with E-state index < -0.39 is 4.92 Å². The van der Waals surface area contributed by atoms with Crippen molar-refractivity contribution < 1.29 is 19.1 Å². The van der Waals surface area contributed by atoms with Gasteiger partial charge in [0.05, 0.1) is 42.9 Å². The zero-order valence-corrected chi connectivity index (χ0v) is 22.7. The first kappa shape index (κ1) is 27.3. The SMILES string of the molecule is CCOc1cc(C)c(-c2nc3ccccc3c(=O)n2N=Cc2cc(OC)c(OC)c([N+](=O)[O-])c2)cc1C(C)C. The minimum absolute atomic E-state index is 0.00361. The first-order chi connectivity index (χ1) is 18.7. The summed E-state index contributed by atoms with van der Waals surface area (Å²) in [7, 11) is 2.72. The summed E-state index contributed by atoms with van der Waals surface area (Å²) >= 11 is 0. The van der Waals surface area contributed by atoms with E-state index in [2.05, 4.69) is 18.9 Å². The third kappa shape index (κ3) is 5.31. The standard InChI is InChI=1S/C29H30N4O6/c1-7-39-25-12-18(4)22(15-21(25)17(2)3)28-31-23-11-9-8-10-20(23)29(34)32(28)30-16-19-13-24(33(35)36)27(38-6)26(14-19)37-5/h8-17H,7H2,1-6H3. The van der Waals surface area contributed by atoms with Crippen LogP contribution in [0.4, 0.5) is 5.69 Å². The molecule has 0 amide bonds. The lowest BCUT2D eigenvalue weighted by Crippen LogP contribution is -2.21. The summed E-state index contributed by atoms with van der Waals surface area (Å²) in [6.07, 6.45) is 1.36. The molecule has 0 aliphatic carbocycles. The number of ether oxygens (including phenoxy) is 3. The molecule has 1 heterocycles. The smallest absolute Gasteiger partial charge is 0.315 e. The van der Waals surface area contributed by atoms with Crippen LogP contribution in [0.15, 0.2) is 58.4 Å². The second-order valence-electron chi connectivity index (χ2n) is 9.14. The van der Waals surface area contributed by atoms with Gasteiger partial charge in [-0.1, -0.05) is 26.0 Å². The van der Waals surface area contributed by atoms with Gasteiger partial charge in [-0.05, 0) is 61.2 Å². The molecule has 3 aromatic carbocycles. The van der Waals surface area contributed by atoms with E-state index >= 15 is 0 Å². The van der Waals surface area contributed by atoms with Crippen molar-refractivity contribution in [3.05, 3.63) is 85.7 Å². The molecule has 39 heavy (non-hydrogen) atoms. The molecule has 0 saturated heterocycles. The highest BCUT2D eigenvalue weighted by Crippen LogP contribution is 2.38. The molecule has 0 atom stereocenters. The Morgan fingerprint density at radius 1 is 1.10 bits per heavy atom. The second-order valence-corrected chi connectivity index (χ2v) is 9.14. The van der Waals surface area contributed by atoms with E-state index in [1.807, 2.05) is 32.0 Å². The molecule has 4 aromatic rings. The molecule has 202 valence electrons. The topological polar surface area (TPSA) is 118 Å². The molecule has 1 aromatic heterocycles. The molecular formula is C29H30N4O6. The van der Waals surface area contributed by atoms with Gasteiger partial charge in [-0.3, -0.25) is 14.9 Å². The number of aryl methyl sites for hydroxylation is 1. The van der Waals surface area contributed by atoms with E-state index in [4.69, 9.17) is 19.2 Å². The quantitative estimate of drug-likeness (QED) is 0.155. The fourth-order valence-corrected chi connectivity index (χ4v) is 4.38. The summed E-state index contributed by atoms with van der Waals surface area (Å²) < 4.78 is 17.6. The number of benzene rings is 3. The first-order valence-electron chi connectivity index (χ1n) is 12.4. The fourth-order valence-electron chi connectivity index (χ4n) is 4.38. The highest BCUT2D eigenvalue weighted by Gasteiger charge is 2.22. The average Bonchev–Trinajstić information content (AvgIpc) is 2.92. The second kappa shape index (κ2) is 11.3.